The van der Waals surface area contributed by atoms with Gasteiger partial charge in [0.1, 0.15) is 6.10 Å². The van der Waals surface area contributed by atoms with Gasteiger partial charge < -0.3 is 15.0 Å². The van der Waals surface area contributed by atoms with E-state index >= 15 is 0 Å². The lowest BCUT2D eigenvalue weighted by Gasteiger charge is -2.06. The maximum atomic E-state index is 5.84. The zero-order chi connectivity index (χ0) is 13.3. The third-order valence-corrected chi connectivity index (χ3v) is 3.08. The molecule has 18 heavy (non-hydrogen) atoms. The molecule has 1 heterocycles. The summed E-state index contributed by atoms with van der Waals surface area (Å²) in [5, 5.41) is 3.91. The van der Waals surface area contributed by atoms with E-state index in [-0.39, 0.29) is 6.10 Å². The molecule has 2 aromatic rings. The summed E-state index contributed by atoms with van der Waals surface area (Å²) in [6.45, 7) is 5.88. The minimum absolute atomic E-state index is 0.190. The molecule has 0 bridgehead atoms. The van der Waals surface area contributed by atoms with Crippen molar-refractivity contribution in [1.29, 1.82) is 0 Å². The van der Waals surface area contributed by atoms with E-state index in [1.807, 2.05) is 32.9 Å². The van der Waals surface area contributed by atoms with Crippen LogP contribution in [-0.2, 0) is 4.74 Å². The van der Waals surface area contributed by atoms with Crippen LogP contribution < -0.4 is 5.73 Å². The Kier molecular flexibility index (Phi) is 3.34. The van der Waals surface area contributed by atoms with Crippen LogP contribution in [0.5, 0.6) is 0 Å². The molecule has 96 valence electrons. The number of nitrogens with zero attached hydrogens (tertiary/aromatic N) is 2. The topological polar surface area (TPSA) is 74.2 Å². The van der Waals surface area contributed by atoms with E-state index in [1.165, 1.54) is 0 Å². The van der Waals surface area contributed by atoms with Gasteiger partial charge in [0.05, 0.1) is 0 Å². The van der Waals surface area contributed by atoms with Crippen molar-refractivity contribution in [2.24, 2.45) is 0 Å². The van der Waals surface area contributed by atoms with Gasteiger partial charge in [0.2, 0.25) is 5.82 Å². The summed E-state index contributed by atoms with van der Waals surface area (Å²) in [5.74, 6) is 1.01. The normalized spacial score (nSPS) is 12.7. The summed E-state index contributed by atoms with van der Waals surface area (Å²) in [4.78, 5) is 4.34. The number of hydrogen-bond acceptors (Lipinski definition) is 5. The van der Waals surface area contributed by atoms with E-state index in [0.29, 0.717) is 17.4 Å². The highest BCUT2D eigenvalue weighted by molar-refractivity contribution is 5.66. The predicted octanol–water partition coefficient (Wildman–Crippen LogP) is 2.64. The zero-order valence-corrected chi connectivity index (χ0v) is 11.0. The van der Waals surface area contributed by atoms with E-state index in [4.69, 9.17) is 15.0 Å². The highest BCUT2D eigenvalue weighted by atomic mass is 16.5. The van der Waals surface area contributed by atoms with Crippen LogP contribution in [0, 0.1) is 13.8 Å². The summed E-state index contributed by atoms with van der Waals surface area (Å²) >= 11 is 0. The molecule has 1 unspecified atom stereocenters. The average molecular weight is 247 g/mol. The number of anilines is 1. The molecule has 2 N–H and O–H groups in total. The second-order valence-corrected chi connectivity index (χ2v) is 4.35. The van der Waals surface area contributed by atoms with Crippen LogP contribution in [0.15, 0.2) is 16.7 Å². The number of hydrogen-bond donors (Lipinski definition) is 1. The molecule has 2 rings (SSSR count). The van der Waals surface area contributed by atoms with Crippen molar-refractivity contribution in [2.75, 3.05) is 12.8 Å². The smallest absolute Gasteiger partial charge is 0.258 e. The van der Waals surface area contributed by atoms with E-state index < -0.39 is 0 Å². The molecular weight excluding hydrogens is 230 g/mol. The van der Waals surface area contributed by atoms with E-state index in [9.17, 15) is 0 Å². The van der Waals surface area contributed by atoms with Gasteiger partial charge in [-0.1, -0.05) is 5.16 Å². The van der Waals surface area contributed by atoms with Gasteiger partial charge in [0.15, 0.2) is 0 Å². The Labute approximate surface area is 106 Å². The maximum Gasteiger partial charge on any atom is 0.258 e. The van der Waals surface area contributed by atoms with Gasteiger partial charge in [-0.25, -0.2) is 0 Å². The first-order chi connectivity index (χ1) is 8.52. The molecule has 1 atom stereocenters. The summed E-state index contributed by atoms with van der Waals surface area (Å²) in [6, 6.07) is 3.77. The number of aryl methyl sites for hydroxylation is 1. The van der Waals surface area contributed by atoms with Gasteiger partial charge in [-0.15, -0.1) is 0 Å². The summed E-state index contributed by atoms with van der Waals surface area (Å²) < 4.78 is 10.4. The number of nitrogens with two attached hydrogens (primary N) is 1. The number of aromatic nitrogens is 2. The highest BCUT2D eigenvalue weighted by Gasteiger charge is 2.16. The van der Waals surface area contributed by atoms with Crippen molar-refractivity contribution in [1.82, 2.24) is 10.1 Å². The first-order valence-corrected chi connectivity index (χ1v) is 5.76. The molecule has 0 aliphatic rings. The number of ether oxygens (including phenoxy) is 1. The van der Waals surface area contributed by atoms with Crippen LogP contribution in [0.1, 0.15) is 30.0 Å². The first-order valence-electron chi connectivity index (χ1n) is 5.76. The first kappa shape index (κ1) is 12.6. The van der Waals surface area contributed by atoms with E-state index in [2.05, 4.69) is 10.1 Å². The molecule has 5 nitrogen and oxygen atoms in total. The van der Waals surface area contributed by atoms with Gasteiger partial charge in [-0.2, -0.15) is 4.98 Å². The molecule has 0 aliphatic heterocycles. The Morgan fingerprint density at radius 2 is 2.06 bits per heavy atom. The lowest BCUT2D eigenvalue weighted by molar-refractivity contribution is 0.109. The third kappa shape index (κ3) is 2.22. The number of benzene rings is 1. The molecule has 1 aromatic carbocycles. The van der Waals surface area contributed by atoms with Crippen LogP contribution in [0.3, 0.4) is 0 Å². The van der Waals surface area contributed by atoms with Crippen LogP contribution >= 0.6 is 0 Å². The lowest BCUT2D eigenvalue weighted by atomic mass is 10.0. The van der Waals surface area contributed by atoms with Crippen molar-refractivity contribution in [2.45, 2.75) is 26.9 Å². The van der Waals surface area contributed by atoms with Gasteiger partial charge in [-0.05, 0) is 44.0 Å². The van der Waals surface area contributed by atoms with Gasteiger partial charge >= 0.3 is 0 Å². The molecule has 0 amide bonds. The van der Waals surface area contributed by atoms with E-state index in [1.54, 1.807) is 7.11 Å². The summed E-state index contributed by atoms with van der Waals surface area (Å²) in [7, 11) is 1.61. The third-order valence-electron chi connectivity index (χ3n) is 3.08. The van der Waals surface area contributed by atoms with E-state index in [0.717, 1.165) is 16.7 Å². The summed E-state index contributed by atoms with van der Waals surface area (Å²) in [6.07, 6.45) is -0.190. The fourth-order valence-corrected chi connectivity index (χ4v) is 1.72. The Morgan fingerprint density at radius 3 is 2.72 bits per heavy atom. The molecule has 1 aromatic heterocycles. The molecule has 0 radical (unpaired) electrons. The standard InChI is InChI=1S/C13H17N3O2/c1-7-5-10(14)6-11(8(7)2)13-15-12(16-18-13)9(3)17-4/h5-6,9H,14H2,1-4H3. The van der Waals surface area contributed by atoms with Crippen LogP contribution in [0.25, 0.3) is 11.5 Å². The fourth-order valence-electron chi connectivity index (χ4n) is 1.72. The predicted molar refractivity (Wildman–Crippen MR) is 69.0 cm³/mol. The number of methoxy groups -OCH3 is 1. The van der Waals surface area contributed by atoms with Gasteiger partial charge in [0, 0.05) is 18.4 Å². The Bertz CT molecular complexity index is 563. The lowest BCUT2D eigenvalue weighted by Crippen LogP contribution is -1.98. The fraction of sp³-hybridized carbons (Fsp3) is 0.385. The van der Waals surface area contributed by atoms with Crippen LogP contribution in [0.4, 0.5) is 5.69 Å². The molecule has 0 spiro atoms. The Balaban J connectivity index is 2.46. The van der Waals surface area contributed by atoms with Crippen molar-refractivity contribution in [3.8, 4) is 11.5 Å². The average Bonchev–Trinajstić information content (AvgIpc) is 2.82. The minimum Gasteiger partial charge on any atom is -0.399 e. The summed E-state index contributed by atoms with van der Waals surface area (Å²) in [5.41, 5.74) is 9.59. The minimum atomic E-state index is -0.190. The second kappa shape index (κ2) is 4.78. The molecule has 0 fully saturated rings. The highest BCUT2D eigenvalue weighted by Crippen LogP contribution is 2.28. The maximum absolute atomic E-state index is 5.84. The monoisotopic (exact) mass is 247 g/mol. The van der Waals surface area contributed by atoms with Crippen LogP contribution in [0.2, 0.25) is 0 Å². The molecule has 0 saturated carbocycles. The van der Waals surface area contributed by atoms with Gasteiger partial charge in [0.25, 0.3) is 5.89 Å². The molecule has 0 saturated heterocycles. The molecule has 0 aliphatic carbocycles. The Hall–Kier alpha value is -1.88. The molecule has 5 heteroatoms. The largest absolute Gasteiger partial charge is 0.399 e. The van der Waals surface area contributed by atoms with Crippen molar-refractivity contribution < 1.29 is 9.26 Å². The number of nitrogen functional groups attached to an aromatic ring is 1. The Morgan fingerprint density at radius 1 is 1.33 bits per heavy atom. The van der Waals surface area contributed by atoms with Crippen molar-refractivity contribution >= 4 is 5.69 Å². The van der Waals surface area contributed by atoms with Crippen LogP contribution in [-0.4, -0.2) is 17.3 Å². The van der Waals surface area contributed by atoms with Crippen molar-refractivity contribution in [3.05, 3.63) is 29.1 Å². The van der Waals surface area contributed by atoms with Crippen molar-refractivity contribution in [3.63, 3.8) is 0 Å². The zero-order valence-electron chi connectivity index (χ0n) is 11.0. The SMILES string of the molecule is COC(C)c1noc(-c2cc(N)cc(C)c2C)n1. The number of rotatable bonds is 3. The van der Waals surface area contributed by atoms with Gasteiger partial charge in [-0.3, -0.25) is 0 Å². The molecular formula is C13H17N3O2. The second-order valence-electron chi connectivity index (χ2n) is 4.35. The quantitative estimate of drug-likeness (QED) is 0.844.